The third kappa shape index (κ3) is 7.13. The minimum Gasteiger partial charge on any atom is -0.493 e. The van der Waals surface area contributed by atoms with Gasteiger partial charge in [0.2, 0.25) is 0 Å². The molecule has 0 radical (unpaired) electrons. The van der Waals surface area contributed by atoms with E-state index in [1.807, 2.05) is 6.92 Å². The van der Waals surface area contributed by atoms with Crippen LogP contribution < -0.4 is 19.6 Å². The van der Waals surface area contributed by atoms with Gasteiger partial charge in [0.25, 0.3) is 5.91 Å². The lowest BCUT2D eigenvalue weighted by Gasteiger charge is -2.11. The zero-order valence-corrected chi connectivity index (χ0v) is 21.1. The van der Waals surface area contributed by atoms with E-state index in [2.05, 4.69) is 10.5 Å². The fraction of sp³-hybridized carbons (Fsp3) is 0.192. The predicted molar refractivity (Wildman–Crippen MR) is 138 cm³/mol. The Bertz CT molecular complexity index is 1240. The van der Waals surface area contributed by atoms with Crippen LogP contribution >= 0.6 is 23.2 Å². The van der Waals surface area contributed by atoms with Crippen LogP contribution in [-0.4, -0.2) is 36.9 Å². The van der Waals surface area contributed by atoms with Crippen molar-refractivity contribution in [2.75, 3.05) is 13.7 Å². The lowest BCUT2D eigenvalue weighted by molar-refractivity contribution is 0.0696. The summed E-state index contributed by atoms with van der Waals surface area (Å²) in [6, 6.07) is 14.3. The minimum atomic E-state index is -1.00. The van der Waals surface area contributed by atoms with Gasteiger partial charge in [-0.2, -0.15) is 5.10 Å². The van der Waals surface area contributed by atoms with E-state index in [0.29, 0.717) is 29.2 Å². The maximum Gasteiger partial charge on any atom is 0.335 e. The van der Waals surface area contributed by atoms with E-state index >= 15 is 0 Å². The molecule has 36 heavy (non-hydrogen) atoms. The number of carbonyl (C=O) groups excluding carboxylic acids is 1. The van der Waals surface area contributed by atoms with Gasteiger partial charge in [-0.3, -0.25) is 4.79 Å². The number of halogens is 2. The number of hydrogen-bond acceptors (Lipinski definition) is 6. The molecule has 0 bridgehead atoms. The van der Waals surface area contributed by atoms with Gasteiger partial charge in [0.15, 0.2) is 17.2 Å². The molecule has 0 aromatic heterocycles. The molecule has 3 aromatic carbocycles. The van der Waals surface area contributed by atoms with Gasteiger partial charge in [0.1, 0.15) is 6.61 Å². The summed E-state index contributed by atoms with van der Waals surface area (Å²) in [6.07, 6.45) is 2.25. The second-order valence-electron chi connectivity index (χ2n) is 7.52. The molecule has 1 amide bonds. The Labute approximate surface area is 218 Å². The van der Waals surface area contributed by atoms with E-state index in [1.54, 1.807) is 42.5 Å². The molecule has 8 nitrogen and oxygen atoms in total. The largest absolute Gasteiger partial charge is 0.493 e. The highest BCUT2D eigenvalue weighted by Gasteiger charge is 2.12. The number of benzene rings is 3. The highest BCUT2D eigenvalue weighted by molar-refractivity contribution is 6.37. The summed E-state index contributed by atoms with van der Waals surface area (Å²) in [5.74, 6) is -0.149. The zero-order chi connectivity index (χ0) is 26.1. The van der Waals surface area contributed by atoms with E-state index in [9.17, 15) is 9.59 Å². The summed E-state index contributed by atoms with van der Waals surface area (Å²) in [6.45, 7) is 2.69. The molecule has 0 atom stereocenters. The number of carboxylic acid groups (broad SMARTS) is 1. The van der Waals surface area contributed by atoms with Crippen LogP contribution in [0.3, 0.4) is 0 Å². The summed E-state index contributed by atoms with van der Waals surface area (Å²) in [5, 5.41) is 13.5. The molecule has 0 heterocycles. The van der Waals surface area contributed by atoms with E-state index < -0.39 is 11.9 Å². The Morgan fingerprint density at radius 2 is 1.64 bits per heavy atom. The average molecular weight is 531 g/mol. The topological polar surface area (TPSA) is 106 Å². The van der Waals surface area contributed by atoms with Crippen molar-refractivity contribution in [2.45, 2.75) is 20.0 Å². The number of ether oxygens (including phenoxy) is 3. The number of methoxy groups -OCH3 is 1. The molecule has 3 rings (SSSR count). The molecular weight excluding hydrogens is 507 g/mol. The first-order valence-corrected chi connectivity index (χ1v) is 11.7. The lowest BCUT2D eigenvalue weighted by atomic mass is 10.1. The van der Waals surface area contributed by atoms with Crippen LogP contribution in [0.1, 0.15) is 45.2 Å². The van der Waals surface area contributed by atoms with Crippen molar-refractivity contribution in [3.8, 4) is 17.2 Å². The van der Waals surface area contributed by atoms with Crippen molar-refractivity contribution in [3.05, 3.63) is 86.9 Å². The van der Waals surface area contributed by atoms with Gasteiger partial charge in [0.05, 0.1) is 35.5 Å². The first-order chi connectivity index (χ1) is 17.3. The maximum atomic E-state index is 12.5. The highest BCUT2D eigenvalue weighted by atomic mass is 35.5. The van der Waals surface area contributed by atoms with Gasteiger partial charge in [-0.1, -0.05) is 42.3 Å². The summed E-state index contributed by atoms with van der Waals surface area (Å²) in [7, 11) is 1.50. The van der Waals surface area contributed by atoms with Gasteiger partial charge < -0.3 is 19.3 Å². The summed E-state index contributed by atoms with van der Waals surface area (Å²) in [4.78, 5) is 23.4. The Kier molecular flexibility index (Phi) is 9.55. The second-order valence-corrected chi connectivity index (χ2v) is 8.33. The summed E-state index contributed by atoms with van der Waals surface area (Å²) >= 11 is 12.7. The van der Waals surface area contributed by atoms with E-state index in [4.69, 9.17) is 42.5 Å². The molecule has 0 saturated heterocycles. The van der Waals surface area contributed by atoms with Crippen molar-refractivity contribution in [1.29, 1.82) is 0 Å². The summed E-state index contributed by atoms with van der Waals surface area (Å²) < 4.78 is 16.6. The van der Waals surface area contributed by atoms with Crippen LogP contribution in [0.25, 0.3) is 0 Å². The van der Waals surface area contributed by atoms with Crippen LogP contribution in [-0.2, 0) is 6.61 Å². The number of hydrogen-bond donors (Lipinski definition) is 2. The number of nitrogens with one attached hydrogen (secondary N) is 1. The number of hydrazone groups is 1. The molecule has 3 aromatic rings. The molecule has 10 heteroatoms. The van der Waals surface area contributed by atoms with Crippen LogP contribution in [0.15, 0.2) is 59.7 Å². The molecule has 0 unspecified atom stereocenters. The van der Waals surface area contributed by atoms with E-state index in [0.717, 1.165) is 12.0 Å². The fourth-order valence-corrected chi connectivity index (χ4v) is 3.67. The predicted octanol–water partition coefficient (Wildman–Crippen LogP) is 5.83. The van der Waals surface area contributed by atoms with Gasteiger partial charge >= 0.3 is 5.97 Å². The molecule has 0 aliphatic rings. The monoisotopic (exact) mass is 530 g/mol. The van der Waals surface area contributed by atoms with Gasteiger partial charge in [-0.15, -0.1) is 0 Å². The quantitative estimate of drug-likeness (QED) is 0.238. The molecular formula is C26H24Cl2N2O6. The molecule has 0 fully saturated rings. The molecule has 0 aliphatic heterocycles. The summed E-state index contributed by atoms with van der Waals surface area (Å²) in [5.41, 5.74) is 4.28. The number of carbonyl (C=O) groups is 2. The van der Waals surface area contributed by atoms with Crippen LogP contribution in [0.4, 0.5) is 0 Å². The highest BCUT2D eigenvalue weighted by Crippen LogP contribution is 2.34. The van der Waals surface area contributed by atoms with Gasteiger partial charge in [0, 0.05) is 5.56 Å². The standard InChI is InChI=1S/C26H24Cl2N2O6/c1-3-10-35-22-9-8-19(13-23(22)34-2)25(31)30-29-14-17-11-20(27)24(21(28)12-17)36-15-16-4-6-18(7-5-16)26(32)33/h4-9,11-14H,3,10,15H2,1-2H3,(H,30,31)(H,32,33)/b29-14+. The molecule has 0 aliphatic carbocycles. The van der Waals surface area contributed by atoms with Gasteiger partial charge in [-0.25, -0.2) is 10.2 Å². The molecule has 188 valence electrons. The number of amides is 1. The van der Waals surface area contributed by atoms with E-state index in [-0.39, 0.29) is 28.0 Å². The Morgan fingerprint density at radius 1 is 0.972 bits per heavy atom. The minimum absolute atomic E-state index is 0.147. The zero-order valence-electron chi connectivity index (χ0n) is 19.6. The van der Waals surface area contributed by atoms with Crippen molar-refractivity contribution < 1.29 is 28.9 Å². The average Bonchev–Trinajstić information content (AvgIpc) is 2.87. The lowest BCUT2D eigenvalue weighted by Crippen LogP contribution is -2.17. The third-order valence-corrected chi connectivity index (χ3v) is 5.43. The fourth-order valence-electron chi connectivity index (χ4n) is 3.06. The molecule has 0 saturated carbocycles. The first-order valence-electron chi connectivity index (χ1n) is 10.9. The van der Waals surface area contributed by atoms with Crippen molar-refractivity contribution >= 4 is 41.3 Å². The second kappa shape index (κ2) is 12.8. The molecule has 0 spiro atoms. The first kappa shape index (κ1) is 26.8. The number of carboxylic acids is 1. The van der Waals surface area contributed by atoms with E-state index in [1.165, 1.54) is 25.5 Å². The third-order valence-electron chi connectivity index (χ3n) is 4.87. The van der Waals surface area contributed by atoms with Gasteiger partial charge in [-0.05, 0) is 60.0 Å². The number of nitrogens with zero attached hydrogens (tertiary/aromatic N) is 1. The smallest absolute Gasteiger partial charge is 0.335 e. The van der Waals surface area contributed by atoms with Crippen LogP contribution in [0.5, 0.6) is 17.2 Å². The maximum absolute atomic E-state index is 12.5. The number of rotatable bonds is 11. The SMILES string of the molecule is CCCOc1ccc(C(=O)N/N=C/c2cc(Cl)c(OCc3ccc(C(=O)O)cc3)c(Cl)c2)cc1OC. The van der Waals surface area contributed by atoms with Crippen molar-refractivity contribution in [1.82, 2.24) is 5.43 Å². The Hall–Kier alpha value is -3.75. The normalized spacial score (nSPS) is 10.8. The number of aromatic carboxylic acids is 1. The Morgan fingerprint density at radius 3 is 2.25 bits per heavy atom. The molecule has 2 N–H and O–H groups in total. The Balaban J connectivity index is 1.62. The van der Waals surface area contributed by atoms with Crippen molar-refractivity contribution in [3.63, 3.8) is 0 Å². The van der Waals surface area contributed by atoms with Crippen LogP contribution in [0, 0.1) is 0 Å². The van der Waals surface area contributed by atoms with Crippen molar-refractivity contribution in [2.24, 2.45) is 5.10 Å². The van der Waals surface area contributed by atoms with Crippen LogP contribution in [0.2, 0.25) is 10.0 Å².